The summed E-state index contributed by atoms with van der Waals surface area (Å²) in [4.78, 5) is 9.15. The zero-order valence-corrected chi connectivity index (χ0v) is 33.9. The number of aromatic nitrogens is 2. The molecule has 5 heteroatoms. The Hall–Kier alpha value is -3.41. The molecule has 0 saturated heterocycles. The van der Waals surface area contributed by atoms with Crippen LogP contribution in [0.5, 0.6) is 0 Å². The largest absolute Gasteiger partial charge is 0.305 e. The maximum atomic E-state index is 8.39. The maximum Gasteiger partial charge on any atom is 0.0362 e. The minimum Gasteiger partial charge on any atom is -0.305 e. The number of thiophene rings is 1. The van der Waals surface area contributed by atoms with Crippen LogP contribution in [0.2, 0.25) is 17.3 Å². The Balaban J connectivity index is 0.000000237. The summed E-state index contributed by atoms with van der Waals surface area (Å²) in [6.45, 7) is 11.5. The van der Waals surface area contributed by atoms with Crippen LogP contribution in [0.1, 0.15) is 47.5 Å². The van der Waals surface area contributed by atoms with Crippen LogP contribution in [0.15, 0.2) is 109 Å². The minimum absolute atomic E-state index is 0. The topological polar surface area (TPSA) is 25.8 Å². The van der Waals surface area contributed by atoms with Crippen LogP contribution in [0.25, 0.3) is 53.5 Å². The fraction of sp³-hybridized carbons (Fsp3) is 0.209. The maximum absolute atomic E-state index is 8.39. The van der Waals surface area contributed by atoms with Gasteiger partial charge in [-0.05, 0) is 75.1 Å². The molecule has 0 aliphatic rings. The average molecular weight is 887 g/mol. The number of allylic oxidation sites excluding steroid dienone is 1. The normalized spacial score (nSPS) is 12.9. The first-order chi connectivity index (χ1) is 23.5. The van der Waals surface area contributed by atoms with Crippen LogP contribution in [-0.2, 0) is 26.5 Å². The zero-order valence-electron chi connectivity index (χ0n) is 31.6. The van der Waals surface area contributed by atoms with Crippen molar-refractivity contribution in [3.05, 3.63) is 138 Å². The Morgan fingerprint density at radius 3 is 2.42 bits per heavy atom. The number of rotatable bonds is 6. The number of fused-ring (bicyclic) bond motifs is 4. The smallest absolute Gasteiger partial charge is 0.0362 e. The van der Waals surface area contributed by atoms with E-state index in [0.717, 1.165) is 43.2 Å². The Kier molecular flexibility index (Phi) is 9.95. The number of hydrogen-bond donors (Lipinski definition) is 0. The molecule has 0 saturated carbocycles. The third kappa shape index (κ3) is 7.90. The van der Waals surface area contributed by atoms with Crippen molar-refractivity contribution < 1.29 is 24.2 Å². The summed E-state index contributed by atoms with van der Waals surface area (Å²) in [6, 6.07) is 35.0. The number of benzene rings is 4. The van der Waals surface area contributed by atoms with Crippen LogP contribution in [-0.4, -0.2) is 23.2 Å². The minimum atomic E-state index is -1.77. The molecule has 2 nitrogen and oxygen atoms in total. The van der Waals surface area contributed by atoms with E-state index in [1.165, 1.54) is 20.0 Å². The van der Waals surface area contributed by atoms with Crippen molar-refractivity contribution in [2.45, 2.75) is 57.2 Å². The van der Waals surface area contributed by atoms with Gasteiger partial charge in [0.25, 0.3) is 0 Å². The second-order valence-corrected chi connectivity index (χ2v) is 25.0. The second-order valence-electron chi connectivity index (χ2n) is 13.4. The van der Waals surface area contributed by atoms with Crippen LogP contribution in [0, 0.1) is 19.1 Å². The van der Waals surface area contributed by atoms with Gasteiger partial charge in [0.05, 0.1) is 0 Å². The van der Waals surface area contributed by atoms with Gasteiger partial charge in [0.15, 0.2) is 0 Å². The summed E-state index contributed by atoms with van der Waals surface area (Å²) < 4.78 is 28.9. The van der Waals surface area contributed by atoms with Gasteiger partial charge < -0.3 is 4.98 Å². The Bertz CT molecular complexity index is 2370. The Labute approximate surface area is 310 Å². The summed E-state index contributed by atoms with van der Waals surface area (Å²) in [6.07, 6.45) is 2.11. The van der Waals surface area contributed by atoms with Crippen molar-refractivity contribution in [2.24, 2.45) is 0 Å². The molecule has 4 aromatic carbocycles. The summed E-state index contributed by atoms with van der Waals surface area (Å²) >= 11 is -0.0711. The molecule has 48 heavy (non-hydrogen) atoms. The van der Waals surface area contributed by atoms with Crippen molar-refractivity contribution in [2.75, 3.05) is 0 Å². The molecule has 1 radical (unpaired) electrons. The Morgan fingerprint density at radius 2 is 1.73 bits per heavy atom. The Morgan fingerprint density at radius 1 is 0.917 bits per heavy atom. The molecule has 0 amide bonds. The predicted molar refractivity (Wildman–Crippen MR) is 208 cm³/mol. The van der Waals surface area contributed by atoms with Crippen molar-refractivity contribution in [1.29, 1.82) is 0 Å². The van der Waals surface area contributed by atoms with Crippen LogP contribution in [0.3, 0.4) is 0 Å². The van der Waals surface area contributed by atoms with Gasteiger partial charge in [0.2, 0.25) is 0 Å². The fourth-order valence-corrected chi connectivity index (χ4v) is 10.7. The third-order valence-electron chi connectivity index (χ3n) is 8.25. The van der Waals surface area contributed by atoms with E-state index in [9.17, 15) is 0 Å². The van der Waals surface area contributed by atoms with Gasteiger partial charge in [-0.15, -0.1) is 23.8 Å². The molecule has 7 rings (SSSR count). The van der Waals surface area contributed by atoms with E-state index in [0.29, 0.717) is 16.8 Å². The standard InChI is InChI=1S/C28H24NS.C15H18GeN.Ir/c1-17(2)12-19-10-11-29-26(13-19)24-7-5-6-23-25-15-21-9-8-20(18(3)4)14-22(21)16-27(25)30-28(23)24;1-12-10-15(13-8-6-5-7-9-13)17-11-14(12)16(2,3)4;/h5-6,8-11,13-16,18H,1,12H2,2-4H3;5-8,10-11H,1-4H3;/q2*-1;/i12D2,18D;;. The van der Waals surface area contributed by atoms with E-state index < -0.39 is 25.5 Å². The molecule has 0 unspecified atom stereocenters. The first kappa shape index (κ1) is 31.8. The van der Waals surface area contributed by atoms with Gasteiger partial charge in [-0.25, -0.2) is 0 Å². The van der Waals surface area contributed by atoms with Crippen molar-refractivity contribution in [3.8, 4) is 22.5 Å². The molecule has 0 bridgehead atoms. The molecule has 7 aromatic rings. The zero-order chi connectivity index (χ0) is 36.0. The number of hydrogen-bond acceptors (Lipinski definition) is 3. The van der Waals surface area contributed by atoms with Gasteiger partial charge >= 0.3 is 106 Å². The van der Waals surface area contributed by atoms with Gasteiger partial charge in [-0.3, -0.25) is 0 Å². The number of aryl methyl sites for hydroxylation is 1. The van der Waals surface area contributed by atoms with E-state index in [4.69, 9.17) is 4.11 Å². The van der Waals surface area contributed by atoms with Crippen molar-refractivity contribution in [3.63, 3.8) is 0 Å². The van der Waals surface area contributed by atoms with Gasteiger partial charge in [-0.1, -0.05) is 55.7 Å². The fourth-order valence-electron chi connectivity index (χ4n) is 5.92. The summed E-state index contributed by atoms with van der Waals surface area (Å²) in [5, 5.41) is 4.61. The van der Waals surface area contributed by atoms with E-state index in [-0.39, 0.29) is 20.1 Å². The molecule has 0 spiro atoms. The van der Waals surface area contributed by atoms with E-state index in [1.807, 2.05) is 50.2 Å². The average Bonchev–Trinajstić information content (AvgIpc) is 3.44. The van der Waals surface area contributed by atoms with Crippen LogP contribution >= 0.6 is 11.3 Å². The van der Waals surface area contributed by atoms with Gasteiger partial charge in [0, 0.05) is 35.1 Å². The van der Waals surface area contributed by atoms with Crippen molar-refractivity contribution in [1.82, 2.24) is 9.97 Å². The molecule has 0 N–H and O–H groups in total. The molecule has 0 aliphatic carbocycles. The summed E-state index contributed by atoms with van der Waals surface area (Å²) in [5.41, 5.74) is 7.06. The molecule has 3 heterocycles. The van der Waals surface area contributed by atoms with Gasteiger partial charge in [0.1, 0.15) is 0 Å². The predicted octanol–water partition coefficient (Wildman–Crippen LogP) is 11.7. The molecule has 245 valence electrons. The quantitative estimate of drug-likeness (QED) is 0.0945. The third-order valence-corrected chi connectivity index (χ3v) is 13.9. The van der Waals surface area contributed by atoms with E-state index >= 15 is 0 Å². The first-order valence-corrected chi connectivity index (χ1v) is 24.1. The van der Waals surface area contributed by atoms with E-state index in [2.05, 4.69) is 102 Å². The molecule has 0 atom stereocenters. The molecular formula is C43H42GeIrN2S-2. The molecule has 0 aliphatic heterocycles. The molecular weight excluding hydrogens is 841 g/mol. The molecule has 3 aromatic heterocycles. The number of pyridine rings is 2. The summed E-state index contributed by atoms with van der Waals surface area (Å²) in [5.74, 6) is 6.56. The molecule has 0 fully saturated rings. The SMILES string of the molecule is Cc1cc(-c2[c-]cccc2)nc[c]1[Ge]([CH3])([CH3])[CH3].[2H]C(C)(C)c1ccc2cc3c(cc2c1)sc1c(-c2cc(C([2H])([2H])C(=C)C)ccn2)[c-]ccc13.[Ir]. The van der Waals surface area contributed by atoms with Crippen LogP contribution in [0.4, 0.5) is 0 Å². The monoisotopic (exact) mass is 888 g/mol. The van der Waals surface area contributed by atoms with Gasteiger partial charge in [-0.2, -0.15) is 11.3 Å². The second kappa shape index (κ2) is 15.0. The van der Waals surface area contributed by atoms with E-state index in [1.54, 1.807) is 30.5 Å². The first-order valence-electron chi connectivity index (χ1n) is 17.4. The number of nitrogens with zero attached hydrogens (tertiary/aromatic N) is 2. The summed E-state index contributed by atoms with van der Waals surface area (Å²) in [7, 11) is 0. The van der Waals surface area contributed by atoms with Crippen LogP contribution < -0.4 is 4.40 Å². The van der Waals surface area contributed by atoms with Crippen molar-refractivity contribution >= 4 is 59.9 Å².